The lowest BCUT2D eigenvalue weighted by Gasteiger charge is -2.18. The van der Waals surface area contributed by atoms with E-state index in [9.17, 15) is 0 Å². The van der Waals surface area contributed by atoms with Crippen molar-refractivity contribution in [2.45, 2.75) is 19.6 Å². The molecule has 1 aliphatic rings. The van der Waals surface area contributed by atoms with Gasteiger partial charge in [-0.05, 0) is 6.42 Å². The molecule has 1 unspecified atom stereocenters. The predicted octanol–water partition coefficient (Wildman–Crippen LogP) is -0.456. The zero-order valence-electron chi connectivity index (χ0n) is 5.93. The van der Waals surface area contributed by atoms with Crippen molar-refractivity contribution in [2.24, 2.45) is 5.73 Å². The van der Waals surface area contributed by atoms with Crippen LogP contribution in [0.15, 0.2) is 0 Å². The molecule has 3 heteroatoms. The summed E-state index contributed by atoms with van der Waals surface area (Å²) in [5.74, 6) is 0. The first-order valence-electron chi connectivity index (χ1n) is 3.57. The lowest BCUT2D eigenvalue weighted by molar-refractivity contribution is 0.248. The van der Waals surface area contributed by atoms with Crippen LogP contribution in [0.2, 0.25) is 0 Å². The molecule has 1 atom stereocenters. The van der Waals surface area contributed by atoms with Gasteiger partial charge in [-0.3, -0.25) is 10.2 Å². The molecule has 1 heterocycles. The van der Waals surface area contributed by atoms with Crippen LogP contribution in [0, 0.1) is 0 Å². The summed E-state index contributed by atoms with van der Waals surface area (Å²) in [5.41, 5.74) is 5.68. The summed E-state index contributed by atoms with van der Waals surface area (Å²) in [7, 11) is 0. The smallest absolute Gasteiger partial charge is 0.112 e. The lowest BCUT2D eigenvalue weighted by Crippen LogP contribution is -2.43. The van der Waals surface area contributed by atoms with Gasteiger partial charge in [-0.25, -0.2) is 0 Å². The summed E-state index contributed by atoms with van der Waals surface area (Å²) in [6.45, 7) is 5.44. The number of hydrogen-bond acceptors (Lipinski definition) is 3. The standard InChI is InChI=1S/C6H15N3/c1-2-4-9-5-3-8-6(9)7/h6,8H,2-5,7H2,1H3. The normalized spacial score (nSPS) is 29.3. The van der Waals surface area contributed by atoms with E-state index in [0.29, 0.717) is 0 Å². The van der Waals surface area contributed by atoms with E-state index in [1.165, 1.54) is 6.42 Å². The van der Waals surface area contributed by atoms with Crippen LogP contribution in [-0.4, -0.2) is 30.8 Å². The highest BCUT2D eigenvalue weighted by atomic mass is 15.4. The van der Waals surface area contributed by atoms with E-state index < -0.39 is 0 Å². The number of nitrogens with zero attached hydrogens (tertiary/aromatic N) is 1. The number of nitrogens with one attached hydrogen (secondary N) is 1. The molecule has 0 aromatic heterocycles. The Morgan fingerprint density at radius 3 is 3.00 bits per heavy atom. The van der Waals surface area contributed by atoms with E-state index in [4.69, 9.17) is 5.73 Å². The highest BCUT2D eigenvalue weighted by Crippen LogP contribution is 1.97. The number of hydrogen-bond donors (Lipinski definition) is 2. The van der Waals surface area contributed by atoms with E-state index in [2.05, 4.69) is 17.1 Å². The second-order valence-electron chi connectivity index (χ2n) is 2.43. The molecule has 1 saturated heterocycles. The third kappa shape index (κ3) is 1.64. The van der Waals surface area contributed by atoms with Crippen molar-refractivity contribution in [1.82, 2.24) is 10.2 Å². The molecule has 0 amide bonds. The molecule has 0 radical (unpaired) electrons. The molecule has 1 fully saturated rings. The van der Waals surface area contributed by atoms with Crippen molar-refractivity contribution in [1.29, 1.82) is 0 Å². The summed E-state index contributed by atoms with van der Waals surface area (Å²) >= 11 is 0. The largest absolute Gasteiger partial charge is 0.303 e. The first-order chi connectivity index (χ1) is 4.34. The van der Waals surface area contributed by atoms with Crippen LogP contribution in [0.3, 0.4) is 0 Å². The summed E-state index contributed by atoms with van der Waals surface area (Å²) < 4.78 is 0. The topological polar surface area (TPSA) is 41.3 Å². The molecule has 1 rings (SSSR count). The highest BCUT2D eigenvalue weighted by molar-refractivity contribution is 4.71. The monoisotopic (exact) mass is 129 g/mol. The maximum Gasteiger partial charge on any atom is 0.112 e. The summed E-state index contributed by atoms with van der Waals surface area (Å²) in [4.78, 5) is 2.25. The van der Waals surface area contributed by atoms with E-state index in [-0.39, 0.29) is 6.29 Å². The molecule has 54 valence electrons. The van der Waals surface area contributed by atoms with Crippen molar-refractivity contribution in [3.05, 3.63) is 0 Å². The van der Waals surface area contributed by atoms with Gasteiger partial charge in [-0.1, -0.05) is 6.92 Å². The Morgan fingerprint density at radius 2 is 2.56 bits per heavy atom. The summed E-state index contributed by atoms with van der Waals surface area (Å²) in [6.07, 6.45) is 1.31. The summed E-state index contributed by atoms with van der Waals surface area (Å²) in [6, 6.07) is 0. The van der Waals surface area contributed by atoms with Crippen LogP contribution in [0.25, 0.3) is 0 Å². The van der Waals surface area contributed by atoms with Gasteiger partial charge in [0.2, 0.25) is 0 Å². The van der Waals surface area contributed by atoms with Gasteiger partial charge < -0.3 is 5.73 Å². The molecule has 3 nitrogen and oxygen atoms in total. The van der Waals surface area contributed by atoms with E-state index in [1.807, 2.05) is 0 Å². The molecule has 3 N–H and O–H groups in total. The zero-order chi connectivity index (χ0) is 6.69. The highest BCUT2D eigenvalue weighted by Gasteiger charge is 2.17. The first-order valence-corrected chi connectivity index (χ1v) is 3.57. The maximum atomic E-state index is 5.68. The van der Waals surface area contributed by atoms with Crippen molar-refractivity contribution in [3.63, 3.8) is 0 Å². The van der Waals surface area contributed by atoms with Gasteiger partial charge >= 0.3 is 0 Å². The molecule has 0 bridgehead atoms. The van der Waals surface area contributed by atoms with Gasteiger partial charge in [0.15, 0.2) is 0 Å². The zero-order valence-corrected chi connectivity index (χ0v) is 5.93. The van der Waals surface area contributed by atoms with Crippen molar-refractivity contribution < 1.29 is 0 Å². The maximum absolute atomic E-state index is 5.68. The Balaban J connectivity index is 2.22. The Morgan fingerprint density at radius 1 is 1.78 bits per heavy atom. The van der Waals surface area contributed by atoms with Gasteiger partial charge in [0.25, 0.3) is 0 Å². The van der Waals surface area contributed by atoms with E-state index >= 15 is 0 Å². The Bertz CT molecular complexity index is 84.4. The predicted molar refractivity (Wildman–Crippen MR) is 37.8 cm³/mol. The van der Waals surface area contributed by atoms with Crippen LogP contribution in [-0.2, 0) is 0 Å². The van der Waals surface area contributed by atoms with E-state index in [0.717, 1.165) is 19.6 Å². The van der Waals surface area contributed by atoms with Crippen molar-refractivity contribution in [2.75, 3.05) is 19.6 Å². The van der Waals surface area contributed by atoms with Gasteiger partial charge in [-0.2, -0.15) is 0 Å². The average molecular weight is 129 g/mol. The minimum absolute atomic E-state index is 0.116. The molecule has 1 aliphatic heterocycles. The molecule has 0 aromatic rings. The minimum Gasteiger partial charge on any atom is -0.303 e. The summed E-state index contributed by atoms with van der Waals surface area (Å²) in [5, 5.41) is 3.16. The Hall–Kier alpha value is -0.120. The van der Waals surface area contributed by atoms with Crippen LogP contribution >= 0.6 is 0 Å². The Kier molecular flexibility index (Phi) is 2.45. The number of nitrogens with two attached hydrogens (primary N) is 1. The minimum atomic E-state index is 0.116. The molecular weight excluding hydrogens is 114 g/mol. The van der Waals surface area contributed by atoms with Crippen LogP contribution < -0.4 is 11.1 Å². The quantitative estimate of drug-likeness (QED) is 0.530. The second kappa shape index (κ2) is 3.15. The van der Waals surface area contributed by atoms with E-state index in [1.54, 1.807) is 0 Å². The number of rotatable bonds is 2. The van der Waals surface area contributed by atoms with Crippen LogP contribution in [0.4, 0.5) is 0 Å². The SMILES string of the molecule is CCCN1CCNC1N. The average Bonchev–Trinajstić information content (AvgIpc) is 2.18. The third-order valence-electron chi connectivity index (χ3n) is 1.66. The lowest BCUT2D eigenvalue weighted by atomic mass is 10.4. The molecular formula is C6H15N3. The first kappa shape index (κ1) is 6.99. The van der Waals surface area contributed by atoms with Gasteiger partial charge in [0, 0.05) is 19.6 Å². The van der Waals surface area contributed by atoms with Crippen LogP contribution in [0.5, 0.6) is 0 Å². The van der Waals surface area contributed by atoms with Crippen LogP contribution in [0.1, 0.15) is 13.3 Å². The third-order valence-corrected chi connectivity index (χ3v) is 1.66. The van der Waals surface area contributed by atoms with Gasteiger partial charge in [-0.15, -0.1) is 0 Å². The Labute approximate surface area is 56.2 Å². The van der Waals surface area contributed by atoms with Crippen molar-refractivity contribution >= 4 is 0 Å². The molecule has 0 aromatic carbocycles. The fraction of sp³-hybridized carbons (Fsp3) is 1.00. The fourth-order valence-corrected chi connectivity index (χ4v) is 1.16. The molecule has 0 spiro atoms. The molecule has 0 aliphatic carbocycles. The van der Waals surface area contributed by atoms with Crippen molar-refractivity contribution in [3.8, 4) is 0 Å². The van der Waals surface area contributed by atoms with Gasteiger partial charge in [0.1, 0.15) is 6.29 Å². The molecule has 0 saturated carbocycles. The molecule has 9 heavy (non-hydrogen) atoms. The second-order valence-corrected chi connectivity index (χ2v) is 2.43. The van der Waals surface area contributed by atoms with Gasteiger partial charge in [0.05, 0.1) is 0 Å². The fourth-order valence-electron chi connectivity index (χ4n) is 1.16.